The zero-order chi connectivity index (χ0) is 0. The van der Waals surface area contributed by atoms with E-state index in [-0.39, 0.29) is 59.7 Å². The average Bonchev–Trinajstić information content (AvgIpc) is 0. The van der Waals surface area contributed by atoms with E-state index in [1.807, 2.05) is 0 Å². The van der Waals surface area contributed by atoms with Gasteiger partial charge in [-0.1, -0.05) is 0 Å². The van der Waals surface area contributed by atoms with E-state index in [2.05, 4.69) is 0 Å². The maximum Gasteiger partial charge on any atom is 0 e. The van der Waals surface area contributed by atoms with Crippen LogP contribution in [0.3, 0.4) is 0 Å². The Morgan fingerprint density at radius 1 is 0.333 bits per heavy atom. The Bertz CT molecular complexity index is 3.90. The van der Waals surface area contributed by atoms with Crippen molar-refractivity contribution in [2.45, 2.75) is 0 Å². The summed E-state index contributed by atoms with van der Waals surface area (Å²) in [6, 6.07) is 0. The third-order valence-electron chi connectivity index (χ3n) is 0. The van der Waals surface area contributed by atoms with E-state index >= 15 is 0 Å². The van der Waals surface area contributed by atoms with Crippen LogP contribution in [0.2, 0.25) is 0 Å². The van der Waals surface area contributed by atoms with Crippen LogP contribution in [0.5, 0.6) is 0 Å². The monoisotopic (exact) mass is 316 g/mol. The molecule has 0 aromatic rings. The van der Waals surface area contributed by atoms with Gasteiger partial charge in [-0.05, 0) is 0 Å². The van der Waals surface area contributed by atoms with Gasteiger partial charge in [0, 0.05) is 32.3 Å². The normalized spacial score (nSPS) is 0. The van der Waals surface area contributed by atoms with E-state index in [1.54, 1.807) is 0 Å². The summed E-state index contributed by atoms with van der Waals surface area (Å²) in [5, 5.41) is 0. The van der Waals surface area contributed by atoms with Crippen LogP contribution in [0, 0.1) is 32.3 Å². The number of hydrogen-bond acceptors (Lipinski definition) is 5. The molecular formula is H5O5Pa-5. The summed E-state index contributed by atoms with van der Waals surface area (Å²) < 4.78 is 0. The molecule has 5 N–H and O–H groups in total. The van der Waals surface area contributed by atoms with Gasteiger partial charge in [0.2, 0.25) is 0 Å². The summed E-state index contributed by atoms with van der Waals surface area (Å²) in [5.74, 6) is 0. The van der Waals surface area contributed by atoms with Crippen LogP contribution in [0.1, 0.15) is 0 Å². The van der Waals surface area contributed by atoms with E-state index in [0.717, 1.165) is 0 Å². The molecule has 0 atom stereocenters. The van der Waals surface area contributed by atoms with Gasteiger partial charge in [-0.15, -0.1) is 0 Å². The molecule has 0 bridgehead atoms. The van der Waals surface area contributed by atoms with Gasteiger partial charge in [0.1, 0.15) is 0 Å². The van der Waals surface area contributed by atoms with E-state index in [9.17, 15) is 0 Å². The molecule has 0 unspecified atom stereocenters. The number of hydrogen-bond donors (Lipinski definition) is 0. The van der Waals surface area contributed by atoms with Crippen molar-refractivity contribution in [2.24, 2.45) is 0 Å². The van der Waals surface area contributed by atoms with Crippen molar-refractivity contribution in [3.05, 3.63) is 0 Å². The van der Waals surface area contributed by atoms with Crippen molar-refractivity contribution >= 4 is 0 Å². The molecule has 43 valence electrons. The van der Waals surface area contributed by atoms with Crippen LogP contribution in [0.15, 0.2) is 0 Å². The molecule has 0 aliphatic carbocycles. The van der Waals surface area contributed by atoms with E-state index < -0.39 is 0 Å². The largest absolute Gasteiger partial charge is 0.870 e. The Hall–Kier alpha value is 0.891. The Kier molecular flexibility index (Phi) is 8910. The second-order valence-electron chi connectivity index (χ2n) is 0. The fourth-order valence-corrected chi connectivity index (χ4v) is 0. The second-order valence-corrected chi connectivity index (χ2v) is 0. The minimum Gasteiger partial charge on any atom is -0.870 e. The van der Waals surface area contributed by atoms with Gasteiger partial charge in [-0.25, -0.2) is 0 Å². The maximum atomic E-state index is 0. The minimum absolute atomic E-state index is 0. The number of rotatable bonds is 0. The Morgan fingerprint density at radius 2 is 0.333 bits per heavy atom. The van der Waals surface area contributed by atoms with Crippen molar-refractivity contribution in [1.29, 1.82) is 0 Å². The molecule has 0 aliphatic heterocycles. The molecule has 0 aliphatic rings. The van der Waals surface area contributed by atoms with Crippen LogP contribution in [-0.4, -0.2) is 27.4 Å². The van der Waals surface area contributed by atoms with Crippen LogP contribution in [-0.2, 0) is 0 Å². The molecule has 6 heteroatoms. The Morgan fingerprint density at radius 3 is 0.333 bits per heavy atom. The second kappa shape index (κ2) is 178. The van der Waals surface area contributed by atoms with Crippen molar-refractivity contribution in [3.63, 3.8) is 0 Å². The molecule has 0 fully saturated rings. The van der Waals surface area contributed by atoms with Gasteiger partial charge in [-0.2, -0.15) is 0 Å². The van der Waals surface area contributed by atoms with Crippen molar-refractivity contribution in [1.82, 2.24) is 0 Å². The molecule has 6 heavy (non-hydrogen) atoms. The Balaban J connectivity index is 0. The van der Waals surface area contributed by atoms with Gasteiger partial charge in [0.05, 0.1) is 0 Å². The van der Waals surface area contributed by atoms with Crippen LogP contribution < -0.4 is 0 Å². The predicted octanol–water partition coefficient (Wildman–Crippen LogP) is -0.884. The fraction of sp³-hybridized carbons (Fsp3) is 0. The molecule has 5 nitrogen and oxygen atoms in total. The summed E-state index contributed by atoms with van der Waals surface area (Å²) in [7, 11) is 0. The molecule has 0 amide bonds. The fourth-order valence-electron chi connectivity index (χ4n) is 0. The third-order valence-corrected chi connectivity index (χ3v) is 0. The van der Waals surface area contributed by atoms with Crippen molar-refractivity contribution in [2.75, 3.05) is 0 Å². The van der Waals surface area contributed by atoms with Gasteiger partial charge in [-0.3, -0.25) is 0 Å². The third kappa shape index (κ3) is 93.3. The molecule has 0 saturated heterocycles. The molecule has 0 spiro atoms. The average molecular weight is 316 g/mol. The van der Waals surface area contributed by atoms with Crippen LogP contribution in [0.4, 0.5) is 0 Å². The first-order chi connectivity index (χ1) is 0. The van der Waals surface area contributed by atoms with E-state index in [0.29, 0.717) is 0 Å². The summed E-state index contributed by atoms with van der Waals surface area (Å²) in [4.78, 5) is 0. The quantitative estimate of drug-likeness (QED) is 0.568. The molecule has 0 aromatic heterocycles. The van der Waals surface area contributed by atoms with Crippen LogP contribution >= 0.6 is 0 Å². The molecular weight excluding hydrogens is 311 g/mol. The van der Waals surface area contributed by atoms with Gasteiger partial charge in [0.15, 0.2) is 0 Å². The summed E-state index contributed by atoms with van der Waals surface area (Å²) in [6.07, 6.45) is 0. The molecule has 0 rings (SSSR count). The minimum atomic E-state index is 0. The summed E-state index contributed by atoms with van der Waals surface area (Å²) >= 11 is 0. The maximum absolute atomic E-state index is 0. The first kappa shape index (κ1) is 301. The molecule has 0 saturated carbocycles. The van der Waals surface area contributed by atoms with E-state index in [1.165, 1.54) is 0 Å². The van der Waals surface area contributed by atoms with Gasteiger partial charge in [0.25, 0.3) is 0 Å². The van der Waals surface area contributed by atoms with Gasteiger partial charge < -0.3 is 27.4 Å². The summed E-state index contributed by atoms with van der Waals surface area (Å²) in [5.41, 5.74) is 0. The SMILES string of the molecule is [OH-].[OH-].[OH-].[OH-].[OH-].[Pa]. The van der Waals surface area contributed by atoms with Gasteiger partial charge >= 0.3 is 0 Å². The molecule has 1 radical (unpaired) electrons. The van der Waals surface area contributed by atoms with Crippen molar-refractivity contribution in [3.8, 4) is 0 Å². The van der Waals surface area contributed by atoms with Crippen LogP contribution in [0.25, 0.3) is 0 Å². The van der Waals surface area contributed by atoms with E-state index in [4.69, 9.17) is 0 Å². The smallest absolute Gasteiger partial charge is 0 e. The first-order valence-electron chi connectivity index (χ1n) is 0. The predicted molar refractivity (Wildman–Crippen MR) is 9.68 cm³/mol. The Labute approximate surface area is 59.8 Å². The zero-order valence-corrected chi connectivity index (χ0v) is 7.62. The standard InChI is InChI=1S/5H2O.Pa/h5*1H2;/p-5. The molecule has 0 heterocycles. The first-order valence-corrected chi connectivity index (χ1v) is 0. The van der Waals surface area contributed by atoms with Crippen molar-refractivity contribution < 1.29 is 59.7 Å². The summed E-state index contributed by atoms with van der Waals surface area (Å²) in [6.45, 7) is 0. The molecule has 0 aromatic carbocycles. The topological polar surface area (TPSA) is 150 Å². The zero-order valence-electron chi connectivity index (χ0n) is 2.81.